The van der Waals surface area contributed by atoms with E-state index in [0.29, 0.717) is 34.0 Å². The molecule has 1 fully saturated rings. The van der Waals surface area contributed by atoms with Crippen molar-refractivity contribution in [3.05, 3.63) is 40.3 Å². The molecule has 7 nitrogen and oxygen atoms in total. The molecule has 1 aromatic carbocycles. The van der Waals surface area contributed by atoms with Crippen molar-refractivity contribution in [1.29, 1.82) is 0 Å². The molecule has 0 amide bonds. The van der Waals surface area contributed by atoms with Crippen molar-refractivity contribution in [1.82, 2.24) is 19.3 Å². The Morgan fingerprint density at radius 3 is 2.86 bits per heavy atom. The fourth-order valence-corrected chi connectivity index (χ4v) is 4.69. The van der Waals surface area contributed by atoms with Gasteiger partial charge in [-0.05, 0) is 49.9 Å². The molecule has 8 heteroatoms. The first-order chi connectivity index (χ1) is 14.2. The van der Waals surface area contributed by atoms with E-state index in [2.05, 4.69) is 14.9 Å². The van der Waals surface area contributed by atoms with Gasteiger partial charge in [-0.25, -0.2) is 14.4 Å². The van der Waals surface area contributed by atoms with Crippen molar-refractivity contribution in [2.45, 2.75) is 19.3 Å². The van der Waals surface area contributed by atoms with Crippen molar-refractivity contribution in [2.75, 3.05) is 33.4 Å². The zero-order chi connectivity index (χ0) is 19.8. The molecule has 0 bridgehead atoms. The summed E-state index contributed by atoms with van der Waals surface area (Å²) in [5.41, 5.74) is 1.90. The topological polar surface area (TPSA) is 69.0 Å². The van der Waals surface area contributed by atoms with Gasteiger partial charge in [0, 0.05) is 18.0 Å². The molecule has 3 aromatic heterocycles. The van der Waals surface area contributed by atoms with Crippen LogP contribution < -0.4 is 15.0 Å². The number of aromatic nitrogens is 3. The third-order valence-corrected chi connectivity index (χ3v) is 6.31. The number of likely N-dealkylation sites (tertiary alicyclic amines) is 1. The monoisotopic (exact) mass is 410 g/mol. The first-order valence-electron chi connectivity index (χ1n) is 9.86. The summed E-state index contributed by atoms with van der Waals surface area (Å²) >= 11 is 1.39. The van der Waals surface area contributed by atoms with E-state index in [1.165, 1.54) is 48.0 Å². The average molecular weight is 410 g/mol. The van der Waals surface area contributed by atoms with E-state index in [-0.39, 0.29) is 5.56 Å². The molecule has 0 spiro atoms. The Morgan fingerprint density at radius 2 is 2.03 bits per heavy atom. The number of nitrogens with zero attached hydrogens (tertiary/aromatic N) is 4. The fourth-order valence-electron chi connectivity index (χ4n) is 3.93. The molecule has 5 rings (SSSR count). The van der Waals surface area contributed by atoms with Crippen LogP contribution in [0.3, 0.4) is 0 Å². The highest BCUT2D eigenvalue weighted by Crippen LogP contribution is 2.33. The summed E-state index contributed by atoms with van der Waals surface area (Å²) in [6.45, 7) is 4.07. The molecule has 0 atom stereocenters. The second-order valence-electron chi connectivity index (χ2n) is 7.26. The summed E-state index contributed by atoms with van der Waals surface area (Å²) in [6, 6.07) is 5.59. The van der Waals surface area contributed by atoms with Gasteiger partial charge in [0.15, 0.2) is 17.1 Å². The van der Waals surface area contributed by atoms with Gasteiger partial charge in [0.25, 0.3) is 5.56 Å². The molecule has 150 valence electrons. The standard InChI is InChI=1S/C21H22N4O3S/c1-27-17-11-14-16(12-18(17)28-9-4-8-24-6-2-3-7-24)22-13-25-20(14)23-15-5-10-29-19(15)21(25)26/h5,10-13H,2-4,6-9H2,1H3. The summed E-state index contributed by atoms with van der Waals surface area (Å²) in [7, 11) is 1.62. The van der Waals surface area contributed by atoms with Gasteiger partial charge >= 0.3 is 0 Å². The Hall–Kier alpha value is -2.71. The van der Waals surface area contributed by atoms with Crippen molar-refractivity contribution >= 4 is 38.1 Å². The minimum atomic E-state index is -0.101. The normalized spacial score (nSPS) is 14.9. The molecule has 4 aromatic rings. The van der Waals surface area contributed by atoms with Crippen molar-refractivity contribution in [3.8, 4) is 11.5 Å². The predicted octanol–water partition coefficient (Wildman–Crippen LogP) is 3.33. The average Bonchev–Trinajstić information content (AvgIpc) is 3.42. The first kappa shape index (κ1) is 18.3. The van der Waals surface area contributed by atoms with Gasteiger partial charge in [-0.15, -0.1) is 11.3 Å². The lowest BCUT2D eigenvalue weighted by atomic mass is 10.2. The highest BCUT2D eigenvalue weighted by molar-refractivity contribution is 7.17. The lowest BCUT2D eigenvalue weighted by Crippen LogP contribution is -2.21. The van der Waals surface area contributed by atoms with Gasteiger partial charge < -0.3 is 14.4 Å². The van der Waals surface area contributed by atoms with E-state index in [9.17, 15) is 4.79 Å². The molecule has 29 heavy (non-hydrogen) atoms. The van der Waals surface area contributed by atoms with Gasteiger partial charge in [-0.2, -0.15) is 0 Å². The van der Waals surface area contributed by atoms with Crippen molar-refractivity contribution < 1.29 is 9.47 Å². The first-order valence-corrected chi connectivity index (χ1v) is 10.7. The van der Waals surface area contributed by atoms with Gasteiger partial charge in [0.1, 0.15) is 11.0 Å². The number of hydrogen-bond donors (Lipinski definition) is 0. The Kier molecular flexibility index (Phi) is 4.81. The van der Waals surface area contributed by atoms with Crippen LogP contribution in [0.25, 0.3) is 26.8 Å². The van der Waals surface area contributed by atoms with Crippen LogP contribution in [0.5, 0.6) is 11.5 Å². The predicted molar refractivity (Wildman–Crippen MR) is 114 cm³/mol. The SMILES string of the molecule is COc1cc2c(cc1OCCCN1CCCC1)ncn1c(=O)c3sccc3nc21. The summed E-state index contributed by atoms with van der Waals surface area (Å²) < 4.78 is 13.7. The Morgan fingerprint density at radius 1 is 1.17 bits per heavy atom. The van der Waals surface area contributed by atoms with Gasteiger partial charge in [0.2, 0.25) is 0 Å². The lowest BCUT2D eigenvalue weighted by Gasteiger charge is -2.16. The van der Waals surface area contributed by atoms with Crippen LogP contribution in [-0.2, 0) is 0 Å². The molecule has 0 radical (unpaired) electrons. The minimum Gasteiger partial charge on any atom is -0.493 e. The van der Waals surface area contributed by atoms with E-state index in [1.807, 2.05) is 23.6 Å². The summed E-state index contributed by atoms with van der Waals surface area (Å²) in [6.07, 6.45) is 5.11. The molecule has 0 saturated carbocycles. The third-order valence-electron chi connectivity index (χ3n) is 5.42. The van der Waals surface area contributed by atoms with Crippen LogP contribution >= 0.6 is 11.3 Å². The summed E-state index contributed by atoms with van der Waals surface area (Å²) in [5.74, 6) is 1.28. The second-order valence-corrected chi connectivity index (χ2v) is 8.18. The molecule has 0 unspecified atom stereocenters. The van der Waals surface area contributed by atoms with E-state index in [0.717, 1.165) is 23.9 Å². The highest BCUT2D eigenvalue weighted by atomic mass is 32.1. The fraction of sp³-hybridized carbons (Fsp3) is 0.381. The minimum absolute atomic E-state index is 0.101. The molecule has 1 aliphatic rings. The van der Waals surface area contributed by atoms with E-state index >= 15 is 0 Å². The van der Waals surface area contributed by atoms with Gasteiger partial charge in [0.05, 0.1) is 24.8 Å². The van der Waals surface area contributed by atoms with Crippen LogP contribution in [0, 0.1) is 0 Å². The molecule has 0 N–H and O–H groups in total. The van der Waals surface area contributed by atoms with E-state index in [1.54, 1.807) is 7.11 Å². The Labute approximate surface area is 171 Å². The number of ether oxygens (including phenoxy) is 2. The molecule has 4 heterocycles. The van der Waals surface area contributed by atoms with E-state index < -0.39 is 0 Å². The molecule has 1 saturated heterocycles. The van der Waals surface area contributed by atoms with Crippen molar-refractivity contribution in [2.24, 2.45) is 0 Å². The second kappa shape index (κ2) is 7.61. The molecule has 0 aliphatic carbocycles. The van der Waals surface area contributed by atoms with Crippen LogP contribution in [0.4, 0.5) is 0 Å². The zero-order valence-corrected chi connectivity index (χ0v) is 17.1. The molecular weight excluding hydrogens is 388 g/mol. The van der Waals surface area contributed by atoms with Crippen LogP contribution in [-0.4, -0.2) is 52.6 Å². The Bertz CT molecular complexity index is 1240. The lowest BCUT2D eigenvalue weighted by molar-refractivity contribution is 0.254. The number of benzene rings is 1. The quantitative estimate of drug-likeness (QED) is 0.359. The maximum absolute atomic E-state index is 12.7. The van der Waals surface area contributed by atoms with Crippen molar-refractivity contribution in [3.63, 3.8) is 0 Å². The molecule has 1 aliphatic heterocycles. The maximum Gasteiger partial charge on any atom is 0.277 e. The number of rotatable bonds is 6. The summed E-state index contributed by atoms with van der Waals surface area (Å²) in [4.78, 5) is 24.4. The van der Waals surface area contributed by atoms with Gasteiger partial charge in [-0.1, -0.05) is 0 Å². The largest absolute Gasteiger partial charge is 0.493 e. The number of methoxy groups -OCH3 is 1. The number of thiophene rings is 1. The third kappa shape index (κ3) is 3.32. The van der Waals surface area contributed by atoms with Gasteiger partial charge in [-0.3, -0.25) is 4.79 Å². The van der Waals surface area contributed by atoms with Crippen LogP contribution in [0.1, 0.15) is 19.3 Å². The number of hydrogen-bond acceptors (Lipinski definition) is 7. The Balaban J connectivity index is 1.48. The zero-order valence-electron chi connectivity index (χ0n) is 16.3. The van der Waals surface area contributed by atoms with Crippen LogP contribution in [0.15, 0.2) is 34.7 Å². The summed E-state index contributed by atoms with van der Waals surface area (Å²) in [5, 5.41) is 2.64. The number of fused-ring (bicyclic) bond motifs is 4. The highest BCUT2D eigenvalue weighted by Gasteiger charge is 2.15. The maximum atomic E-state index is 12.7. The smallest absolute Gasteiger partial charge is 0.277 e. The molecular formula is C21H22N4O3S. The van der Waals surface area contributed by atoms with Crippen LogP contribution in [0.2, 0.25) is 0 Å². The van der Waals surface area contributed by atoms with E-state index in [4.69, 9.17) is 9.47 Å².